The fraction of sp³-hybridized carbons (Fsp3) is 0.696. The van der Waals surface area contributed by atoms with E-state index in [1.54, 1.807) is 6.07 Å². The van der Waals surface area contributed by atoms with Gasteiger partial charge in [0.05, 0.1) is 0 Å². The Morgan fingerprint density at radius 2 is 1.77 bits per heavy atom. The number of hydrogen-bond acceptors (Lipinski definition) is 4. The first-order chi connectivity index (χ1) is 14.6. The van der Waals surface area contributed by atoms with Crippen molar-refractivity contribution in [2.75, 3.05) is 19.8 Å². The van der Waals surface area contributed by atoms with Crippen LogP contribution in [-0.4, -0.2) is 36.3 Å². The normalized spacial score (nSPS) is 17.5. The molecule has 166 valence electrons. The van der Waals surface area contributed by atoms with E-state index in [4.69, 9.17) is 0 Å². The summed E-state index contributed by atoms with van der Waals surface area (Å²) in [6, 6.07) is 1.72. The number of carbonyl (C=O) groups excluding carboxylic acids is 2. The van der Waals surface area contributed by atoms with Crippen LogP contribution in [0.5, 0.6) is 0 Å². The Balaban J connectivity index is 1.85. The molecule has 1 N–H and O–H groups in total. The number of alkyl halides is 1. The predicted octanol–water partition coefficient (Wildman–Crippen LogP) is 3.33. The fourth-order valence-electron chi connectivity index (χ4n) is 4.67. The van der Waals surface area contributed by atoms with Gasteiger partial charge in [-0.1, -0.05) is 32.1 Å². The molecule has 1 saturated carbocycles. The first-order valence-electron chi connectivity index (χ1n) is 11.4. The smallest absolute Gasteiger partial charge is 0.325 e. The van der Waals surface area contributed by atoms with Gasteiger partial charge in [-0.15, -0.1) is 0 Å². The summed E-state index contributed by atoms with van der Waals surface area (Å²) in [5, 5.41) is 2.46. The maximum atomic E-state index is 13.3. The Labute approximate surface area is 177 Å². The number of rotatable bonds is 7. The first kappa shape index (κ1) is 22.5. The molecule has 0 unspecified atom stereocenters. The Kier molecular flexibility index (Phi) is 8.46. The van der Waals surface area contributed by atoms with Gasteiger partial charge in [0.25, 0.3) is 11.5 Å². The number of hydrogen-bond donors (Lipinski definition) is 1. The number of ether oxygens (including phenoxy) is 1. The van der Waals surface area contributed by atoms with Gasteiger partial charge in [0.15, 0.2) is 0 Å². The maximum absolute atomic E-state index is 13.3. The number of aromatic nitrogens is 1. The lowest BCUT2D eigenvalue weighted by Crippen LogP contribution is -2.38. The maximum Gasteiger partial charge on any atom is 0.325 e. The first-order valence-corrected chi connectivity index (χ1v) is 11.4. The van der Waals surface area contributed by atoms with Gasteiger partial charge in [0.2, 0.25) is 0 Å². The van der Waals surface area contributed by atoms with Crippen molar-refractivity contribution in [2.45, 2.75) is 77.2 Å². The Bertz CT molecular complexity index is 799. The number of nitrogens with one attached hydrogen (secondary N) is 1. The van der Waals surface area contributed by atoms with Crippen molar-refractivity contribution in [1.82, 2.24) is 9.88 Å². The van der Waals surface area contributed by atoms with Crippen molar-refractivity contribution in [3.8, 4) is 0 Å². The molecule has 1 heterocycles. The molecule has 2 aliphatic carbocycles. The molecule has 0 aromatic carbocycles. The number of fused-ring (bicyclic) bond motifs is 1. The zero-order valence-corrected chi connectivity index (χ0v) is 17.7. The van der Waals surface area contributed by atoms with Crippen LogP contribution < -0.4 is 10.9 Å². The van der Waals surface area contributed by atoms with Crippen LogP contribution in [0.1, 0.15) is 79.4 Å². The molecule has 2 aliphatic rings. The molecule has 30 heavy (non-hydrogen) atoms. The van der Waals surface area contributed by atoms with E-state index in [1.807, 2.05) is 4.57 Å². The molecule has 6 nitrogen and oxygen atoms in total. The average Bonchev–Trinajstić information content (AvgIpc) is 2.74. The number of amides is 1. The van der Waals surface area contributed by atoms with Crippen LogP contribution in [-0.2, 0) is 28.9 Å². The lowest BCUT2D eigenvalue weighted by atomic mass is 9.88. The molecule has 0 bridgehead atoms. The second-order valence-corrected chi connectivity index (χ2v) is 8.46. The number of halogens is 1. The van der Waals surface area contributed by atoms with Crippen LogP contribution in [0, 0.1) is 5.92 Å². The minimum absolute atomic E-state index is 0.0865. The number of esters is 1. The van der Waals surface area contributed by atoms with E-state index in [0.717, 1.165) is 56.2 Å². The third-order valence-electron chi connectivity index (χ3n) is 6.24. The molecule has 1 fully saturated rings. The highest BCUT2D eigenvalue weighted by molar-refractivity contribution is 5.95. The molecule has 0 aliphatic heterocycles. The minimum atomic E-state index is -0.767. The highest BCUT2D eigenvalue weighted by Gasteiger charge is 2.23. The average molecular weight is 421 g/mol. The summed E-state index contributed by atoms with van der Waals surface area (Å²) in [6.07, 6.45) is 12.1. The Hall–Kier alpha value is -2.18. The van der Waals surface area contributed by atoms with Crippen molar-refractivity contribution in [3.05, 3.63) is 33.2 Å². The molecule has 7 heteroatoms. The predicted molar refractivity (Wildman–Crippen MR) is 112 cm³/mol. The van der Waals surface area contributed by atoms with E-state index in [2.05, 4.69) is 10.1 Å². The highest BCUT2D eigenvalue weighted by Crippen LogP contribution is 2.27. The van der Waals surface area contributed by atoms with Gasteiger partial charge >= 0.3 is 5.97 Å². The van der Waals surface area contributed by atoms with Crippen LogP contribution in [0.3, 0.4) is 0 Å². The minimum Gasteiger partial charge on any atom is -0.462 e. The van der Waals surface area contributed by atoms with Gasteiger partial charge in [-0.2, -0.15) is 0 Å². The monoisotopic (exact) mass is 420 g/mol. The number of aryl methyl sites for hydroxylation is 1. The Morgan fingerprint density at radius 3 is 2.50 bits per heavy atom. The molecule has 0 radical (unpaired) electrons. The van der Waals surface area contributed by atoms with Crippen molar-refractivity contribution in [2.24, 2.45) is 5.92 Å². The molecule has 0 spiro atoms. The highest BCUT2D eigenvalue weighted by atomic mass is 19.1. The lowest BCUT2D eigenvalue weighted by Gasteiger charge is -2.26. The second-order valence-electron chi connectivity index (χ2n) is 8.46. The quantitative estimate of drug-likeness (QED) is 0.687. The molecule has 3 rings (SSSR count). The van der Waals surface area contributed by atoms with E-state index >= 15 is 0 Å². The summed E-state index contributed by atoms with van der Waals surface area (Å²) in [5.74, 6) is -0.811. The van der Waals surface area contributed by atoms with Gasteiger partial charge in [0.1, 0.15) is 25.4 Å². The molecular weight excluding hydrogens is 387 g/mol. The van der Waals surface area contributed by atoms with Gasteiger partial charge in [0, 0.05) is 12.2 Å². The topological polar surface area (TPSA) is 77.4 Å². The standard InChI is InChI=1S/C23H33FN2O4/c24-12-13-30-21(27)15-25-22(28)19-14-18-10-6-1-2-7-11-20(18)26(23(19)29)16-17-8-4-3-5-9-17/h14,17H,1-13,15-16H2,(H,25,28). The molecule has 0 saturated heterocycles. The van der Waals surface area contributed by atoms with Crippen LogP contribution in [0.15, 0.2) is 10.9 Å². The molecule has 1 amide bonds. The van der Waals surface area contributed by atoms with Gasteiger partial charge in [-0.05, 0) is 56.1 Å². The summed E-state index contributed by atoms with van der Waals surface area (Å²) in [6.45, 7) is -0.809. The van der Waals surface area contributed by atoms with E-state index in [1.165, 1.54) is 25.7 Å². The van der Waals surface area contributed by atoms with Gasteiger partial charge in [-0.25, -0.2) is 4.39 Å². The van der Waals surface area contributed by atoms with Crippen molar-refractivity contribution in [1.29, 1.82) is 0 Å². The third kappa shape index (κ3) is 5.92. The SMILES string of the molecule is O=C(CNC(=O)c1cc2c(n(CC3CCCCC3)c1=O)CCCCCC2)OCCF. The summed E-state index contributed by atoms with van der Waals surface area (Å²) >= 11 is 0. The van der Waals surface area contributed by atoms with Crippen molar-refractivity contribution < 1.29 is 18.7 Å². The zero-order chi connectivity index (χ0) is 21.3. The zero-order valence-electron chi connectivity index (χ0n) is 17.7. The van der Waals surface area contributed by atoms with Gasteiger partial charge in [-0.3, -0.25) is 14.4 Å². The summed E-state index contributed by atoms with van der Waals surface area (Å²) in [4.78, 5) is 37.6. The number of nitrogens with zero attached hydrogens (tertiary/aromatic N) is 1. The molecular formula is C23H33FN2O4. The van der Waals surface area contributed by atoms with Crippen LogP contribution in [0.25, 0.3) is 0 Å². The number of carbonyl (C=O) groups is 2. The molecule has 1 aromatic rings. The van der Waals surface area contributed by atoms with Gasteiger partial charge < -0.3 is 14.6 Å². The third-order valence-corrected chi connectivity index (χ3v) is 6.24. The molecule has 0 atom stereocenters. The fourth-order valence-corrected chi connectivity index (χ4v) is 4.67. The Morgan fingerprint density at radius 1 is 1.07 bits per heavy atom. The van der Waals surface area contributed by atoms with Crippen molar-refractivity contribution >= 4 is 11.9 Å². The van der Waals surface area contributed by atoms with Crippen LogP contribution in [0.4, 0.5) is 4.39 Å². The molecule has 1 aromatic heterocycles. The lowest BCUT2D eigenvalue weighted by molar-refractivity contribution is -0.142. The van der Waals surface area contributed by atoms with E-state index in [-0.39, 0.29) is 24.3 Å². The number of pyridine rings is 1. The van der Waals surface area contributed by atoms with Crippen LogP contribution in [0.2, 0.25) is 0 Å². The summed E-state index contributed by atoms with van der Waals surface area (Å²) in [7, 11) is 0. The summed E-state index contributed by atoms with van der Waals surface area (Å²) in [5.41, 5.74) is 1.98. The second kappa shape index (κ2) is 11.3. The van der Waals surface area contributed by atoms with Crippen LogP contribution >= 0.6 is 0 Å². The summed E-state index contributed by atoms with van der Waals surface area (Å²) < 4.78 is 18.6. The largest absolute Gasteiger partial charge is 0.462 e. The van der Waals surface area contributed by atoms with E-state index < -0.39 is 18.6 Å². The van der Waals surface area contributed by atoms with E-state index in [0.29, 0.717) is 12.5 Å². The van der Waals surface area contributed by atoms with Crippen molar-refractivity contribution in [3.63, 3.8) is 0 Å². The van der Waals surface area contributed by atoms with E-state index in [9.17, 15) is 18.8 Å².